The maximum Gasteiger partial charge on any atom is 0.241 e. The monoisotopic (exact) mass is 477 g/mol. The fourth-order valence-corrected chi connectivity index (χ4v) is 5.21. The first-order valence-electron chi connectivity index (χ1n) is 13.3. The normalized spacial score (nSPS) is 22.0. The number of hydrogen-bond acceptors (Lipinski definition) is 7. The van der Waals surface area contributed by atoms with E-state index in [2.05, 4.69) is 58.3 Å². The molecule has 1 aliphatic heterocycles. The van der Waals surface area contributed by atoms with Crippen LogP contribution in [-0.4, -0.2) is 80.4 Å². The summed E-state index contributed by atoms with van der Waals surface area (Å²) >= 11 is 0. The van der Waals surface area contributed by atoms with Crippen LogP contribution >= 0.6 is 0 Å². The predicted octanol–water partition coefficient (Wildman–Crippen LogP) is 3.77. The highest BCUT2D eigenvalue weighted by Gasteiger charge is 2.27. The molecule has 8 nitrogen and oxygen atoms in total. The SMILES string of the molecule is CCCCNc1ncc2c(-c3ccc(CN4CCN(C)CC4)cc3)nc([C@H]3CC[C@H](O)CC3)n2n1. The van der Waals surface area contributed by atoms with Crippen LogP contribution in [0.4, 0.5) is 5.95 Å². The predicted molar refractivity (Wildman–Crippen MR) is 140 cm³/mol. The molecule has 2 aliphatic rings. The summed E-state index contributed by atoms with van der Waals surface area (Å²) in [7, 11) is 2.19. The first-order chi connectivity index (χ1) is 17.1. The van der Waals surface area contributed by atoms with E-state index in [-0.39, 0.29) is 6.10 Å². The van der Waals surface area contributed by atoms with E-state index in [4.69, 9.17) is 10.1 Å². The Morgan fingerprint density at radius 2 is 1.77 bits per heavy atom. The van der Waals surface area contributed by atoms with Gasteiger partial charge in [0, 0.05) is 50.7 Å². The summed E-state index contributed by atoms with van der Waals surface area (Å²) in [5.74, 6) is 1.94. The number of piperazine rings is 1. The summed E-state index contributed by atoms with van der Waals surface area (Å²) < 4.78 is 2.00. The van der Waals surface area contributed by atoms with Crippen molar-refractivity contribution in [2.45, 2.75) is 64.0 Å². The maximum absolute atomic E-state index is 10.0. The van der Waals surface area contributed by atoms with Crippen LogP contribution in [0, 0.1) is 0 Å². The molecule has 3 heterocycles. The Balaban J connectivity index is 1.41. The van der Waals surface area contributed by atoms with Gasteiger partial charge in [0.1, 0.15) is 11.3 Å². The zero-order valence-electron chi connectivity index (χ0n) is 21.2. The van der Waals surface area contributed by atoms with Crippen molar-refractivity contribution in [3.63, 3.8) is 0 Å². The minimum Gasteiger partial charge on any atom is -0.393 e. The van der Waals surface area contributed by atoms with Crippen LogP contribution < -0.4 is 5.32 Å². The molecule has 2 fully saturated rings. The van der Waals surface area contributed by atoms with Gasteiger partial charge in [0.25, 0.3) is 0 Å². The molecule has 0 amide bonds. The zero-order chi connectivity index (χ0) is 24.2. The molecule has 2 N–H and O–H groups in total. The van der Waals surface area contributed by atoms with E-state index in [0.717, 1.165) is 100 Å². The zero-order valence-corrected chi connectivity index (χ0v) is 21.2. The molecule has 1 aromatic carbocycles. The van der Waals surface area contributed by atoms with E-state index in [9.17, 15) is 5.11 Å². The summed E-state index contributed by atoms with van der Waals surface area (Å²) in [4.78, 5) is 14.7. The molecule has 0 atom stereocenters. The number of benzene rings is 1. The van der Waals surface area contributed by atoms with Gasteiger partial charge in [-0.05, 0) is 44.7 Å². The lowest BCUT2D eigenvalue weighted by atomic mass is 9.87. The average molecular weight is 478 g/mol. The minimum absolute atomic E-state index is 0.189. The van der Waals surface area contributed by atoms with Gasteiger partial charge in [-0.25, -0.2) is 14.5 Å². The topological polar surface area (TPSA) is 81.8 Å². The van der Waals surface area contributed by atoms with Crippen molar-refractivity contribution in [1.82, 2.24) is 29.4 Å². The van der Waals surface area contributed by atoms with Crippen LogP contribution in [0.5, 0.6) is 0 Å². The highest BCUT2D eigenvalue weighted by Crippen LogP contribution is 2.35. The van der Waals surface area contributed by atoms with Crippen molar-refractivity contribution in [2.75, 3.05) is 45.1 Å². The average Bonchev–Trinajstić information content (AvgIpc) is 3.25. The molecule has 1 saturated heterocycles. The van der Waals surface area contributed by atoms with Crippen molar-refractivity contribution < 1.29 is 5.11 Å². The van der Waals surface area contributed by atoms with Gasteiger partial charge in [-0.3, -0.25) is 4.90 Å². The lowest BCUT2D eigenvalue weighted by molar-refractivity contribution is 0.121. The van der Waals surface area contributed by atoms with E-state index in [1.807, 2.05) is 10.7 Å². The third kappa shape index (κ3) is 5.66. The van der Waals surface area contributed by atoms with Crippen molar-refractivity contribution in [1.29, 1.82) is 0 Å². The smallest absolute Gasteiger partial charge is 0.241 e. The summed E-state index contributed by atoms with van der Waals surface area (Å²) in [5.41, 5.74) is 4.32. The third-order valence-electron chi connectivity index (χ3n) is 7.52. The number of aromatic nitrogens is 4. The number of aliphatic hydroxyl groups excluding tert-OH is 1. The van der Waals surface area contributed by atoms with E-state index >= 15 is 0 Å². The summed E-state index contributed by atoms with van der Waals surface area (Å²) in [6, 6.07) is 8.85. The van der Waals surface area contributed by atoms with Gasteiger partial charge in [0.2, 0.25) is 5.95 Å². The molecule has 0 spiro atoms. The second kappa shape index (κ2) is 11.0. The number of anilines is 1. The minimum atomic E-state index is -0.189. The Hall–Kier alpha value is -2.55. The van der Waals surface area contributed by atoms with Gasteiger partial charge in [0.05, 0.1) is 18.0 Å². The molecule has 3 aromatic rings. The summed E-state index contributed by atoms with van der Waals surface area (Å²) in [6.07, 6.45) is 7.45. The van der Waals surface area contributed by atoms with Gasteiger partial charge < -0.3 is 15.3 Å². The van der Waals surface area contributed by atoms with Gasteiger partial charge >= 0.3 is 0 Å². The number of imidazole rings is 1. The lowest BCUT2D eigenvalue weighted by Gasteiger charge is -2.32. The van der Waals surface area contributed by atoms with Crippen LogP contribution in [0.3, 0.4) is 0 Å². The van der Waals surface area contributed by atoms with Crippen LogP contribution in [-0.2, 0) is 6.54 Å². The molecule has 2 aromatic heterocycles. The lowest BCUT2D eigenvalue weighted by Crippen LogP contribution is -2.43. The molecule has 5 rings (SSSR count). The Morgan fingerprint density at radius 1 is 1.03 bits per heavy atom. The van der Waals surface area contributed by atoms with Gasteiger partial charge in [-0.2, -0.15) is 0 Å². The van der Waals surface area contributed by atoms with E-state index in [0.29, 0.717) is 11.9 Å². The number of hydrogen-bond donors (Lipinski definition) is 2. The molecule has 1 aliphatic carbocycles. The Bertz CT molecular complexity index is 1100. The van der Waals surface area contributed by atoms with E-state index < -0.39 is 0 Å². The molecule has 1 saturated carbocycles. The number of nitrogens with zero attached hydrogens (tertiary/aromatic N) is 6. The molecular formula is C27H39N7O. The highest BCUT2D eigenvalue weighted by atomic mass is 16.3. The van der Waals surface area contributed by atoms with Crippen LogP contribution in [0.25, 0.3) is 16.8 Å². The molecule has 0 unspecified atom stereocenters. The second-order valence-corrected chi connectivity index (χ2v) is 10.3. The van der Waals surface area contributed by atoms with Crippen LogP contribution in [0.2, 0.25) is 0 Å². The molecule has 0 radical (unpaired) electrons. The summed E-state index contributed by atoms with van der Waals surface area (Å²) in [6.45, 7) is 8.54. The fraction of sp³-hybridized carbons (Fsp3) is 0.593. The highest BCUT2D eigenvalue weighted by molar-refractivity contribution is 5.77. The Kier molecular flexibility index (Phi) is 7.60. The second-order valence-electron chi connectivity index (χ2n) is 10.3. The maximum atomic E-state index is 10.0. The number of unbranched alkanes of at least 4 members (excludes halogenated alkanes) is 1. The molecular weight excluding hydrogens is 438 g/mol. The van der Waals surface area contributed by atoms with Crippen molar-refractivity contribution in [3.05, 3.63) is 41.9 Å². The van der Waals surface area contributed by atoms with Crippen molar-refractivity contribution in [3.8, 4) is 11.3 Å². The molecule has 8 heteroatoms. The molecule has 35 heavy (non-hydrogen) atoms. The number of nitrogens with one attached hydrogen (secondary N) is 1. The molecule has 0 bridgehead atoms. The first-order valence-corrected chi connectivity index (χ1v) is 13.3. The summed E-state index contributed by atoms with van der Waals surface area (Å²) in [5, 5.41) is 18.2. The number of rotatable bonds is 8. The number of likely N-dealkylation sites (N-methyl/N-ethyl adjacent to an activating group) is 1. The Morgan fingerprint density at radius 3 is 2.49 bits per heavy atom. The standard InChI is InChI=1S/C27H39N7O/c1-3-4-13-28-27-29-18-24-25(30-26(34(24)31-27)22-9-11-23(35)12-10-22)21-7-5-20(6-8-21)19-33-16-14-32(2)15-17-33/h5-8,18,22-23,35H,3-4,9-17,19H2,1-2H3,(H,28,31)/t22-,23-. The first kappa shape index (κ1) is 24.2. The number of fused-ring (bicyclic) bond motifs is 1. The van der Waals surface area contributed by atoms with E-state index in [1.165, 1.54) is 5.56 Å². The van der Waals surface area contributed by atoms with E-state index in [1.54, 1.807) is 0 Å². The van der Waals surface area contributed by atoms with Gasteiger partial charge in [0.15, 0.2) is 0 Å². The van der Waals surface area contributed by atoms with Crippen LogP contribution in [0.1, 0.15) is 62.8 Å². The van der Waals surface area contributed by atoms with Crippen LogP contribution in [0.15, 0.2) is 30.5 Å². The van der Waals surface area contributed by atoms with Gasteiger partial charge in [-0.15, -0.1) is 5.10 Å². The van der Waals surface area contributed by atoms with Gasteiger partial charge in [-0.1, -0.05) is 37.6 Å². The molecule has 188 valence electrons. The fourth-order valence-electron chi connectivity index (χ4n) is 5.21. The third-order valence-corrected chi connectivity index (χ3v) is 7.52. The largest absolute Gasteiger partial charge is 0.393 e. The van der Waals surface area contributed by atoms with Crippen molar-refractivity contribution in [2.24, 2.45) is 0 Å². The quantitative estimate of drug-likeness (QED) is 0.478. The van der Waals surface area contributed by atoms with Crippen molar-refractivity contribution >= 4 is 11.5 Å². The number of aliphatic hydroxyl groups is 1. The Labute approximate surface area is 208 Å².